The standard InChI is InChI=1S/C19H31N3O3/c1-5-22(6-2)17(15-8-7-9-16(12-15)24-4)13-21-19(23)18-14(3)25-11-10-20-18/h7-9,12,14,17-18,20H,5-6,10-11,13H2,1-4H3,(H,21,23)/t14-,17?,18+/m1/s1. The number of methoxy groups -OCH3 is 1. The topological polar surface area (TPSA) is 62.8 Å². The summed E-state index contributed by atoms with van der Waals surface area (Å²) in [5, 5.41) is 6.34. The molecule has 1 aliphatic heterocycles. The highest BCUT2D eigenvalue weighted by molar-refractivity contribution is 5.82. The molecule has 0 spiro atoms. The van der Waals surface area contributed by atoms with E-state index in [1.54, 1.807) is 7.11 Å². The summed E-state index contributed by atoms with van der Waals surface area (Å²) >= 11 is 0. The van der Waals surface area contributed by atoms with Crippen LogP contribution in [0.4, 0.5) is 0 Å². The van der Waals surface area contributed by atoms with Gasteiger partial charge in [-0.1, -0.05) is 26.0 Å². The number of nitrogens with one attached hydrogen (secondary N) is 2. The van der Waals surface area contributed by atoms with Gasteiger partial charge in [-0.3, -0.25) is 9.69 Å². The first kappa shape index (κ1) is 19.7. The van der Waals surface area contributed by atoms with Crippen molar-refractivity contribution in [2.45, 2.75) is 39.0 Å². The highest BCUT2D eigenvalue weighted by Crippen LogP contribution is 2.24. The highest BCUT2D eigenvalue weighted by Gasteiger charge is 2.29. The van der Waals surface area contributed by atoms with Gasteiger partial charge in [-0.05, 0) is 37.7 Å². The molecule has 1 heterocycles. The number of benzene rings is 1. The Kier molecular flexibility index (Phi) is 7.68. The van der Waals surface area contributed by atoms with E-state index in [0.29, 0.717) is 19.7 Å². The van der Waals surface area contributed by atoms with E-state index in [-0.39, 0.29) is 24.1 Å². The van der Waals surface area contributed by atoms with Gasteiger partial charge in [0.2, 0.25) is 5.91 Å². The zero-order valence-corrected chi connectivity index (χ0v) is 15.7. The first-order chi connectivity index (χ1) is 12.1. The Morgan fingerprint density at radius 2 is 2.20 bits per heavy atom. The van der Waals surface area contributed by atoms with Gasteiger partial charge in [-0.25, -0.2) is 0 Å². The molecule has 1 aromatic carbocycles. The van der Waals surface area contributed by atoms with Crippen LogP contribution in [0, 0.1) is 0 Å². The van der Waals surface area contributed by atoms with Gasteiger partial charge < -0.3 is 20.1 Å². The number of carbonyl (C=O) groups excluding carboxylic acids is 1. The van der Waals surface area contributed by atoms with Gasteiger partial charge in [0.15, 0.2) is 0 Å². The normalized spacial score (nSPS) is 21.8. The molecule has 1 amide bonds. The summed E-state index contributed by atoms with van der Waals surface area (Å²) in [6.45, 7) is 9.94. The molecule has 0 saturated carbocycles. The molecule has 6 nitrogen and oxygen atoms in total. The fraction of sp³-hybridized carbons (Fsp3) is 0.632. The molecular weight excluding hydrogens is 318 g/mol. The molecule has 0 bridgehead atoms. The lowest BCUT2D eigenvalue weighted by molar-refractivity contribution is -0.129. The zero-order valence-electron chi connectivity index (χ0n) is 15.7. The monoisotopic (exact) mass is 349 g/mol. The maximum atomic E-state index is 12.6. The summed E-state index contributed by atoms with van der Waals surface area (Å²) in [6.07, 6.45) is -0.113. The van der Waals surface area contributed by atoms with Gasteiger partial charge in [-0.2, -0.15) is 0 Å². The van der Waals surface area contributed by atoms with E-state index >= 15 is 0 Å². The minimum atomic E-state index is -0.295. The molecule has 25 heavy (non-hydrogen) atoms. The van der Waals surface area contributed by atoms with Crippen molar-refractivity contribution in [2.24, 2.45) is 0 Å². The number of likely N-dealkylation sites (N-methyl/N-ethyl adjacent to an activating group) is 1. The molecule has 1 fully saturated rings. The molecule has 2 N–H and O–H groups in total. The molecule has 0 aliphatic carbocycles. The van der Waals surface area contributed by atoms with Crippen molar-refractivity contribution in [3.63, 3.8) is 0 Å². The van der Waals surface area contributed by atoms with Gasteiger partial charge in [0.25, 0.3) is 0 Å². The van der Waals surface area contributed by atoms with E-state index in [1.165, 1.54) is 0 Å². The van der Waals surface area contributed by atoms with Crippen molar-refractivity contribution in [3.05, 3.63) is 29.8 Å². The van der Waals surface area contributed by atoms with Crippen molar-refractivity contribution < 1.29 is 14.3 Å². The molecule has 1 saturated heterocycles. The average Bonchev–Trinajstić information content (AvgIpc) is 2.65. The second kappa shape index (κ2) is 9.75. The Morgan fingerprint density at radius 3 is 2.84 bits per heavy atom. The number of ether oxygens (including phenoxy) is 2. The molecule has 140 valence electrons. The number of carbonyl (C=O) groups is 1. The third-order valence-electron chi connectivity index (χ3n) is 4.80. The van der Waals surface area contributed by atoms with E-state index in [2.05, 4.69) is 35.4 Å². The Bertz CT molecular complexity index is 548. The van der Waals surface area contributed by atoms with Crippen LogP contribution in [-0.2, 0) is 9.53 Å². The minimum Gasteiger partial charge on any atom is -0.497 e. The molecule has 1 unspecified atom stereocenters. The van der Waals surface area contributed by atoms with Crippen LogP contribution < -0.4 is 15.4 Å². The first-order valence-electron chi connectivity index (χ1n) is 9.11. The molecule has 6 heteroatoms. The van der Waals surface area contributed by atoms with Crippen LogP contribution in [0.25, 0.3) is 0 Å². The summed E-state index contributed by atoms with van der Waals surface area (Å²) in [7, 11) is 1.67. The maximum Gasteiger partial charge on any atom is 0.239 e. The molecule has 1 aromatic rings. The van der Waals surface area contributed by atoms with Crippen LogP contribution in [0.5, 0.6) is 5.75 Å². The SMILES string of the molecule is CCN(CC)C(CNC(=O)[C@H]1NCCO[C@@H]1C)c1cccc(OC)c1. The second-order valence-electron chi connectivity index (χ2n) is 6.27. The fourth-order valence-corrected chi connectivity index (χ4v) is 3.31. The summed E-state index contributed by atoms with van der Waals surface area (Å²) in [5.41, 5.74) is 1.14. The van der Waals surface area contributed by atoms with E-state index < -0.39 is 0 Å². The van der Waals surface area contributed by atoms with Crippen molar-refractivity contribution >= 4 is 5.91 Å². The number of rotatable bonds is 8. The van der Waals surface area contributed by atoms with Crippen LogP contribution in [0.2, 0.25) is 0 Å². The van der Waals surface area contributed by atoms with Gasteiger partial charge in [0.1, 0.15) is 11.8 Å². The third kappa shape index (κ3) is 5.17. The largest absolute Gasteiger partial charge is 0.497 e. The Hall–Kier alpha value is -1.63. The quantitative estimate of drug-likeness (QED) is 0.746. The smallest absolute Gasteiger partial charge is 0.239 e. The van der Waals surface area contributed by atoms with Crippen LogP contribution >= 0.6 is 0 Å². The van der Waals surface area contributed by atoms with E-state index in [9.17, 15) is 4.79 Å². The van der Waals surface area contributed by atoms with Crippen LogP contribution in [-0.4, -0.2) is 62.8 Å². The Balaban J connectivity index is 2.09. The number of hydrogen-bond donors (Lipinski definition) is 2. The molecule has 0 radical (unpaired) electrons. The summed E-state index contributed by atoms with van der Waals surface area (Å²) in [4.78, 5) is 14.9. The molecular formula is C19H31N3O3. The second-order valence-corrected chi connectivity index (χ2v) is 6.27. The molecule has 2 rings (SSSR count). The van der Waals surface area contributed by atoms with Crippen LogP contribution in [0.1, 0.15) is 32.4 Å². The molecule has 0 aromatic heterocycles. The van der Waals surface area contributed by atoms with Crippen molar-refractivity contribution in [3.8, 4) is 5.75 Å². The third-order valence-corrected chi connectivity index (χ3v) is 4.80. The van der Waals surface area contributed by atoms with Crippen molar-refractivity contribution in [1.82, 2.24) is 15.5 Å². The lowest BCUT2D eigenvalue weighted by Gasteiger charge is -2.33. The van der Waals surface area contributed by atoms with E-state index in [0.717, 1.165) is 24.4 Å². The van der Waals surface area contributed by atoms with Crippen LogP contribution in [0.15, 0.2) is 24.3 Å². The van der Waals surface area contributed by atoms with E-state index in [4.69, 9.17) is 9.47 Å². The maximum absolute atomic E-state index is 12.6. The Labute approximate surface area is 150 Å². The van der Waals surface area contributed by atoms with Gasteiger partial charge in [0, 0.05) is 13.1 Å². The summed E-state index contributed by atoms with van der Waals surface area (Å²) < 4.78 is 10.9. The first-order valence-corrected chi connectivity index (χ1v) is 9.11. The molecule has 3 atom stereocenters. The lowest BCUT2D eigenvalue weighted by Crippen LogP contribution is -2.56. The van der Waals surface area contributed by atoms with Gasteiger partial charge >= 0.3 is 0 Å². The summed E-state index contributed by atoms with van der Waals surface area (Å²) in [6, 6.07) is 7.87. The predicted octanol–water partition coefficient (Wildman–Crippen LogP) is 1.57. The van der Waals surface area contributed by atoms with E-state index in [1.807, 2.05) is 25.1 Å². The van der Waals surface area contributed by atoms with Gasteiger partial charge in [-0.15, -0.1) is 0 Å². The Morgan fingerprint density at radius 1 is 1.44 bits per heavy atom. The number of morpholine rings is 1. The highest BCUT2D eigenvalue weighted by atomic mass is 16.5. The fourth-order valence-electron chi connectivity index (χ4n) is 3.31. The van der Waals surface area contributed by atoms with Crippen molar-refractivity contribution in [1.29, 1.82) is 0 Å². The predicted molar refractivity (Wildman–Crippen MR) is 98.9 cm³/mol. The average molecular weight is 349 g/mol. The lowest BCUT2D eigenvalue weighted by atomic mass is 10.0. The van der Waals surface area contributed by atoms with Gasteiger partial charge in [0.05, 0.1) is 25.9 Å². The van der Waals surface area contributed by atoms with Crippen molar-refractivity contribution in [2.75, 3.05) is 39.9 Å². The number of amides is 1. The summed E-state index contributed by atoms with van der Waals surface area (Å²) in [5.74, 6) is 0.823. The number of nitrogens with zero attached hydrogens (tertiary/aromatic N) is 1. The number of hydrogen-bond acceptors (Lipinski definition) is 5. The zero-order chi connectivity index (χ0) is 18.2. The molecule has 1 aliphatic rings. The minimum absolute atomic E-state index is 0.00717. The van der Waals surface area contributed by atoms with Crippen LogP contribution in [0.3, 0.4) is 0 Å².